The first-order valence-electron chi connectivity index (χ1n) is 11.7. The summed E-state index contributed by atoms with van der Waals surface area (Å²) in [7, 11) is 0. The summed E-state index contributed by atoms with van der Waals surface area (Å²) < 4.78 is 13.8. The van der Waals surface area contributed by atoms with Gasteiger partial charge < -0.3 is 0 Å². The van der Waals surface area contributed by atoms with Gasteiger partial charge in [0.15, 0.2) is 0 Å². The molecule has 0 aliphatic carbocycles. The highest BCUT2D eigenvalue weighted by Crippen LogP contribution is 2.48. The molecule has 6 aromatic rings. The van der Waals surface area contributed by atoms with E-state index in [2.05, 4.69) is 46.6 Å². The largest absolute Gasteiger partial charge is 0.277 e. The molecular formula is C31H21ClFN3. The number of benzene rings is 4. The van der Waals surface area contributed by atoms with Gasteiger partial charge in [-0.25, -0.2) is 9.37 Å². The topological polar surface area (TPSA) is 41.6 Å². The normalized spacial score (nSPS) is 11.6. The standard InChI is InChI=1S/C31H21ClFN3/c32-27-20-26-28(29(36-35-26)21-16-18-25(33)19-17-21)30(34-27)31(22-10-4-1-5-11-22,23-12-6-2-7-13-23)24-14-8-3-9-15-24/h1-20H,(H,35,36). The molecule has 0 unspecified atom stereocenters. The van der Waals surface area contributed by atoms with Gasteiger partial charge in [0.05, 0.1) is 22.0 Å². The number of fused-ring (bicyclic) bond motifs is 1. The lowest BCUT2D eigenvalue weighted by Crippen LogP contribution is -2.32. The predicted molar refractivity (Wildman–Crippen MR) is 143 cm³/mol. The molecule has 0 bridgehead atoms. The molecule has 3 nitrogen and oxygen atoms in total. The van der Waals surface area contributed by atoms with Gasteiger partial charge in [0.1, 0.15) is 16.7 Å². The van der Waals surface area contributed by atoms with Crippen LogP contribution in [0, 0.1) is 5.82 Å². The van der Waals surface area contributed by atoms with Crippen molar-refractivity contribution in [1.29, 1.82) is 0 Å². The number of aromatic amines is 1. The van der Waals surface area contributed by atoms with Crippen LogP contribution < -0.4 is 0 Å². The Bertz CT molecular complexity index is 1530. The summed E-state index contributed by atoms with van der Waals surface area (Å²) in [6.07, 6.45) is 0. The van der Waals surface area contributed by atoms with Crippen LogP contribution in [0.3, 0.4) is 0 Å². The highest BCUT2D eigenvalue weighted by Gasteiger charge is 2.42. The average Bonchev–Trinajstić information content (AvgIpc) is 3.35. The highest BCUT2D eigenvalue weighted by atomic mass is 35.5. The minimum absolute atomic E-state index is 0.299. The van der Waals surface area contributed by atoms with E-state index in [0.717, 1.165) is 38.9 Å². The van der Waals surface area contributed by atoms with E-state index in [1.54, 1.807) is 18.2 Å². The van der Waals surface area contributed by atoms with Gasteiger partial charge in [0.25, 0.3) is 0 Å². The second-order valence-electron chi connectivity index (χ2n) is 8.64. The average molecular weight is 490 g/mol. The van der Waals surface area contributed by atoms with Crippen molar-refractivity contribution in [2.75, 3.05) is 0 Å². The molecule has 2 heterocycles. The van der Waals surface area contributed by atoms with E-state index in [1.807, 2.05) is 54.6 Å². The number of H-pyrrole nitrogens is 1. The molecule has 0 radical (unpaired) electrons. The van der Waals surface area contributed by atoms with Crippen LogP contribution >= 0.6 is 11.6 Å². The SMILES string of the molecule is Fc1ccc(-c2n[nH]c3cc(Cl)nc(C(c4ccccc4)(c4ccccc4)c4ccccc4)c23)cc1. The second kappa shape index (κ2) is 9.06. The van der Waals surface area contributed by atoms with Crippen molar-refractivity contribution in [3.05, 3.63) is 155 Å². The van der Waals surface area contributed by atoms with Crippen LogP contribution in [-0.4, -0.2) is 15.2 Å². The third kappa shape index (κ3) is 3.58. The molecule has 0 aliphatic heterocycles. The number of halogens is 2. The Morgan fingerprint density at radius 2 is 1.17 bits per heavy atom. The zero-order valence-corrected chi connectivity index (χ0v) is 20.0. The van der Waals surface area contributed by atoms with Crippen LogP contribution in [0.4, 0.5) is 4.39 Å². The molecule has 2 aromatic heterocycles. The Morgan fingerprint density at radius 3 is 1.67 bits per heavy atom. The fraction of sp³-hybridized carbons (Fsp3) is 0.0323. The van der Waals surface area contributed by atoms with Gasteiger partial charge in [-0.15, -0.1) is 0 Å². The zero-order valence-electron chi connectivity index (χ0n) is 19.2. The molecule has 6 rings (SSSR count). The highest BCUT2D eigenvalue weighted by molar-refractivity contribution is 6.30. The summed E-state index contributed by atoms with van der Waals surface area (Å²) in [6.45, 7) is 0. The van der Waals surface area contributed by atoms with Crippen molar-refractivity contribution < 1.29 is 4.39 Å². The first-order chi connectivity index (χ1) is 17.7. The van der Waals surface area contributed by atoms with E-state index in [-0.39, 0.29) is 5.82 Å². The monoisotopic (exact) mass is 489 g/mol. The Kier molecular flexibility index (Phi) is 5.59. The summed E-state index contributed by atoms with van der Waals surface area (Å²) in [5.41, 5.74) is 5.33. The maximum absolute atomic E-state index is 13.8. The summed E-state index contributed by atoms with van der Waals surface area (Å²) in [6, 6.07) is 39.1. The van der Waals surface area contributed by atoms with Crippen LogP contribution in [-0.2, 0) is 5.41 Å². The molecule has 0 fully saturated rings. The van der Waals surface area contributed by atoms with Crippen LogP contribution in [0.1, 0.15) is 22.4 Å². The van der Waals surface area contributed by atoms with Crippen molar-refractivity contribution in [3.8, 4) is 11.3 Å². The van der Waals surface area contributed by atoms with Gasteiger partial charge in [0.2, 0.25) is 0 Å². The predicted octanol–water partition coefficient (Wildman–Crippen LogP) is 7.80. The fourth-order valence-electron chi connectivity index (χ4n) is 5.08. The van der Waals surface area contributed by atoms with Crippen molar-refractivity contribution in [1.82, 2.24) is 15.2 Å². The number of rotatable bonds is 5. The molecule has 4 aromatic carbocycles. The van der Waals surface area contributed by atoms with Gasteiger partial charge in [-0.05, 0) is 41.0 Å². The number of aromatic nitrogens is 3. The van der Waals surface area contributed by atoms with Gasteiger partial charge in [0, 0.05) is 11.6 Å². The number of pyridine rings is 1. The van der Waals surface area contributed by atoms with Crippen molar-refractivity contribution in [2.24, 2.45) is 0 Å². The third-order valence-electron chi connectivity index (χ3n) is 6.61. The lowest BCUT2D eigenvalue weighted by molar-refractivity contribution is 0.628. The Balaban J connectivity index is 1.81. The maximum Gasteiger partial charge on any atom is 0.131 e. The molecular weight excluding hydrogens is 469 g/mol. The molecule has 174 valence electrons. The zero-order chi connectivity index (χ0) is 24.5. The minimum atomic E-state index is -0.800. The third-order valence-corrected chi connectivity index (χ3v) is 6.80. The van der Waals surface area contributed by atoms with E-state index >= 15 is 0 Å². The molecule has 0 saturated carbocycles. The van der Waals surface area contributed by atoms with E-state index in [0.29, 0.717) is 10.8 Å². The van der Waals surface area contributed by atoms with E-state index in [4.69, 9.17) is 16.6 Å². The van der Waals surface area contributed by atoms with Crippen LogP contribution in [0.25, 0.3) is 22.2 Å². The molecule has 36 heavy (non-hydrogen) atoms. The van der Waals surface area contributed by atoms with Gasteiger partial charge in [-0.3, -0.25) is 5.10 Å². The van der Waals surface area contributed by atoms with Crippen molar-refractivity contribution >= 4 is 22.5 Å². The summed E-state index contributed by atoms with van der Waals surface area (Å²) in [5.74, 6) is -0.299. The first kappa shape index (κ1) is 22.2. The molecule has 5 heteroatoms. The van der Waals surface area contributed by atoms with E-state index in [1.165, 1.54) is 12.1 Å². The molecule has 0 amide bonds. The van der Waals surface area contributed by atoms with Crippen LogP contribution in [0.5, 0.6) is 0 Å². The Morgan fingerprint density at radius 1 is 0.667 bits per heavy atom. The number of hydrogen-bond donors (Lipinski definition) is 1. The number of hydrogen-bond acceptors (Lipinski definition) is 2. The number of nitrogens with zero attached hydrogens (tertiary/aromatic N) is 2. The second-order valence-corrected chi connectivity index (χ2v) is 9.03. The summed E-state index contributed by atoms with van der Waals surface area (Å²) in [5, 5.41) is 8.98. The lowest BCUT2D eigenvalue weighted by atomic mass is 9.66. The molecule has 0 spiro atoms. The summed E-state index contributed by atoms with van der Waals surface area (Å²) >= 11 is 6.66. The van der Waals surface area contributed by atoms with E-state index in [9.17, 15) is 4.39 Å². The quantitative estimate of drug-likeness (QED) is 0.198. The van der Waals surface area contributed by atoms with Crippen molar-refractivity contribution in [3.63, 3.8) is 0 Å². The van der Waals surface area contributed by atoms with Gasteiger partial charge >= 0.3 is 0 Å². The molecule has 0 aliphatic rings. The van der Waals surface area contributed by atoms with Crippen LogP contribution in [0.15, 0.2) is 121 Å². The Labute approximate surface area is 213 Å². The maximum atomic E-state index is 13.8. The minimum Gasteiger partial charge on any atom is -0.277 e. The smallest absolute Gasteiger partial charge is 0.131 e. The summed E-state index contributed by atoms with van der Waals surface area (Å²) in [4.78, 5) is 5.01. The lowest BCUT2D eigenvalue weighted by Gasteiger charge is -2.36. The Hall–Kier alpha value is -4.28. The van der Waals surface area contributed by atoms with Gasteiger partial charge in [-0.2, -0.15) is 5.10 Å². The van der Waals surface area contributed by atoms with Crippen LogP contribution in [0.2, 0.25) is 5.15 Å². The molecule has 0 saturated heterocycles. The van der Waals surface area contributed by atoms with E-state index < -0.39 is 5.41 Å². The molecule has 1 N–H and O–H groups in total. The first-order valence-corrected chi connectivity index (χ1v) is 12.0. The number of nitrogens with one attached hydrogen (secondary N) is 1. The fourth-order valence-corrected chi connectivity index (χ4v) is 5.27. The van der Waals surface area contributed by atoms with Gasteiger partial charge in [-0.1, -0.05) is 103 Å². The van der Waals surface area contributed by atoms with Crippen molar-refractivity contribution in [2.45, 2.75) is 5.41 Å². The molecule has 0 atom stereocenters.